The molecule has 2 atom stereocenters. The normalized spacial score (nSPS) is 32.4. The monoisotopic (exact) mass is 306 g/mol. The lowest BCUT2D eigenvalue weighted by atomic mass is 9.88. The van der Waals surface area contributed by atoms with Crippen LogP contribution in [0.25, 0.3) is 0 Å². The summed E-state index contributed by atoms with van der Waals surface area (Å²) in [7, 11) is 0. The van der Waals surface area contributed by atoms with Gasteiger partial charge in [-0.25, -0.2) is 0 Å². The molecule has 114 valence electrons. The second-order valence-corrected chi connectivity index (χ2v) is 7.39. The van der Waals surface area contributed by atoms with Gasteiger partial charge in [0, 0.05) is 48.6 Å². The first kappa shape index (κ1) is 13.7. The van der Waals surface area contributed by atoms with Gasteiger partial charge in [-0.05, 0) is 31.0 Å². The van der Waals surface area contributed by atoms with Crippen molar-refractivity contribution in [3.8, 4) is 0 Å². The fourth-order valence-corrected chi connectivity index (χ4v) is 4.76. The lowest BCUT2D eigenvalue weighted by Crippen LogP contribution is -2.50. The number of nitrogens with zero attached hydrogens (tertiary/aromatic N) is 1. The van der Waals surface area contributed by atoms with E-state index in [4.69, 9.17) is 15.2 Å². The predicted octanol–water partition coefficient (Wildman–Crippen LogP) is 2.52. The first-order valence-electron chi connectivity index (χ1n) is 7.76. The van der Waals surface area contributed by atoms with Crippen LogP contribution >= 0.6 is 11.8 Å². The molecule has 3 heterocycles. The van der Waals surface area contributed by atoms with E-state index in [9.17, 15) is 0 Å². The fourth-order valence-electron chi connectivity index (χ4n) is 3.77. The van der Waals surface area contributed by atoms with E-state index < -0.39 is 0 Å². The Kier molecular flexibility index (Phi) is 3.52. The molecule has 0 aromatic heterocycles. The van der Waals surface area contributed by atoms with E-state index in [0.717, 1.165) is 57.1 Å². The molecule has 1 aromatic rings. The number of rotatable bonds is 1. The molecule has 1 aromatic carbocycles. The van der Waals surface area contributed by atoms with E-state index in [-0.39, 0.29) is 5.60 Å². The summed E-state index contributed by atoms with van der Waals surface area (Å²) in [6.45, 7) is 3.54. The number of thioether (sulfide) groups is 1. The van der Waals surface area contributed by atoms with Crippen LogP contribution in [0.3, 0.4) is 0 Å². The summed E-state index contributed by atoms with van der Waals surface area (Å²) in [6.07, 6.45) is 3.21. The lowest BCUT2D eigenvalue weighted by Gasteiger charge is -2.45. The zero-order chi connectivity index (χ0) is 14.3. The SMILES string of the molecule is Nc1ccc2c(c1)N(C1CCOC3(CCOC3)C1)CCS2. The van der Waals surface area contributed by atoms with Gasteiger partial charge in [0.2, 0.25) is 0 Å². The van der Waals surface area contributed by atoms with Gasteiger partial charge in [-0.2, -0.15) is 0 Å². The van der Waals surface area contributed by atoms with Gasteiger partial charge in [-0.1, -0.05) is 0 Å². The molecule has 3 aliphatic heterocycles. The highest BCUT2D eigenvalue weighted by Crippen LogP contribution is 2.41. The average Bonchev–Trinajstić information content (AvgIpc) is 2.94. The smallest absolute Gasteiger partial charge is 0.0956 e. The van der Waals surface area contributed by atoms with Crippen LogP contribution in [-0.2, 0) is 9.47 Å². The third kappa shape index (κ3) is 2.51. The van der Waals surface area contributed by atoms with Gasteiger partial charge >= 0.3 is 0 Å². The summed E-state index contributed by atoms with van der Waals surface area (Å²) in [5.41, 5.74) is 8.14. The minimum absolute atomic E-state index is 0.0337. The van der Waals surface area contributed by atoms with Crippen LogP contribution in [0.5, 0.6) is 0 Å². The summed E-state index contributed by atoms with van der Waals surface area (Å²) < 4.78 is 11.7. The molecule has 3 aliphatic rings. The van der Waals surface area contributed by atoms with Gasteiger partial charge < -0.3 is 20.1 Å². The number of nitrogen functional groups attached to an aromatic ring is 1. The molecular weight excluding hydrogens is 284 g/mol. The zero-order valence-electron chi connectivity index (χ0n) is 12.2. The molecule has 21 heavy (non-hydrogen) atoms. The van der Waals surface area contributed by atoms with Crippen molar-refractivity contribution in [3.05, 3.63) is 18.2 Å². The Hall–Kier alpha value is -0.910. The first-order chi connectivity index (χ1) is 10.3. The summed E-state index contributed by atoms with van der Waals surface area (Å²) in [6, 6.07) is 6.84. The minimum Gasteiger partial charge on any atom is -0.399 e. The molecule has 4 rings (SSSR count). The van der Waals surface area contributed by atoms with Crippen LogP contribution < -0.4 is 10.6 Å². The molecule has 5 heteroatoms. The van der Waals surface area contributed by atoms with Crippen molar-refractivity contribution in [3.63, 3.8) is 0 Å². The Morgan fingerprint density at radius 2 is 2.29 bits per heavy atom. The van der Waals surface area contributed by atoms with Crippen molar-refractivity contribution < 1.29 is 9.47 Å². The molecule has 0 saturated carbocycles. The minimum atomic E-state index is -0.0337. The van der Waals surface area contributed by atoms with Crippen LogP contribution in [-0.4, -0.2) is 43.8 Å². The lowest BCUT2D eigenvalue weighted by molar-refractivity contribution is -0.0859. The highest BCUT2D eigenvalue weighted by Gasteiger charge is 2.43. The molecule has 2 unspecified atom stereocenters. The van der Waals surface area contributed by atoms with Crippen LogP contribution in [0, 0.1) is 0 Å². The molecular formula is C16H22N2O2S. The van der Waals surface area contributed by atoms with Crippen molar-refractivity contribution in [1.82, 2.24) is 0 Å². The maximum absolute atomic E-state index is 6.08. The molecule has 0 radical (unpaired) electrons. The summed E-state index contributed by atoms with van der Waals surface area (Å²) >= 11 is 1.94. The molecule has 0 aliphatic carbocycles. The maximum Gasteiger partial charge on any atom is 0.0956 e. The number of ether oxygens (including phenoxy) is 2. The van der Waals surface area contributed by atoms with Crippen molar-refractivity contribution in [1.29, 1.82) is 0 Å². The highest BCUT2D eigenvalue weighted by atomic mass is 32.2. The van der Waals surface area contributed by atoms with Gasteiger partial charge in [-0.15, -0.1) is 11.8 Å². The molecule has 1 spiro atoms. The Labute approximate surface area is 130 Å². The second-order valence-electron chi connectivity index (χ2n) is 6.25. The highest BCUT2D eigenvalue weighted by molar-refractivity contribution is 7.99. The molecule has 0 amide bonds. The molecule has 0 bridgehead atoms. The van der Waals surface area contributed by atoms with Crippen molar-refractivity contribution in [2.45, 2.75) is 35.8 Å². The Bertz CT molecular complexity index is 531. The topological polar surface area (TPSA) is 47.7 Å². The van der Waals surface area contributed by atoms with Gasteiger partial charge in [-0.3, -0.25) is 0 Å². The van der Waals surface area contributed by atoms with E-state index in [2.05, 4.69) is 17.0 Å². The van der Waals surface area contributed by atoms with E-state index in [1.165, 1.54) is 10.6 Å². The third-order valence-electron chi connectivity index (χ3n) is 4.86. The van der Waals surface area contributed by atoms with Crippen molar-refractivity contribution in [2.75, 3.05) is 42.8 Å². The van der Waals surface area contributed by atoms with Crippen LogP contribution in [0.1, 0.15) is 19.3 Å². The number of anilines is 2. The van der Waals surface area contributed by atoms with E-state index >= 15 is 0 Å². The first-order valence-corrected chi connectivity index (χ1v) is 8.75. The number of fused-ring (bicyclic) bond motifs is 1. The van der Waals surface area contributed by atoms with Crippen LogP contribution in [0.15, 0.2) is 23.1 Å². The van der Waals surface area contributed by atoms with Crippen molar-refractivity contribution >= 4 is 23.1 Å². The second kappa shape index (κ2) is 5.38. The van der Waals surface area contributed by atoms with Crippen molar-refractivity contribution in [2.24, 2.45) is 0 Å². The van der Waals surface area contributed by atoms with Gasteiger partial charge in [0.1, 0.15) is 0 Å². The predicted molar refractivity (Wildman–Crippen MR) is 86.1 cm³/mol. The summed E-state index contributed by atoms with van der Waals surface area (Å²) in [4.78, 5) is 3.92. The van der Waals surface area contributed by atoms with Gasteiger partial charge in [0.05, 0.1) is 17.9 Å². The van der Waals surface area contributed by atoms with Gasteiger partial charge in [0.15, 0.2) is 0 Å². The molecule has 2 saturated heterocycles. The maximum atomic E-state index is 6.08. The molecule has 2 fully saturated rings. The van der Waals surface area contributed by atoms with Gasteiger partial charge in [0.25, 0.3) is 0 Å². The Morgan fingerprint density at radius 1 is 1.33 bits per heavy atom. The fraction of sp³-hybridized carbons (Fsp3) is 0.625. The van der Waals surface area contributed by atoms with E-state index in [1.807, 2.05) is 17.8 Å². The standard InChI is InChI=1S/C16H22N2O2S/c17-12-1-2-15-14(9-12)18(5-8-21-15)13-3-6-20-16(10-13)4-7-19-11-16/h1-2,9,13H,3-8,10-11,17H2. The number of nitrogens with two attached hydrogens (primary N) is 1. The van der Waals surface area contributed by atoms with E-state index in [1.54, 1.807) is 0 Å². The molecule has 4 nitrogen and oxygen atoms in total. The number of hydrogen-bond donors (Lipinski definition) is 1. The Balaban J connectivity index is 1.61. The zero-order valence-corrected chi connectivity index (χ0v) is 13.0. The third-order valence-corrected chi connectivity index (χ3v) is 5.90. The number of benzene rings is 1. The van der Waals surface area contributed by atoms with Crippen LogP contribution in [0.2, 0.25) is 0 Å². The summed E-state index contributed by atoms with van der Waals surface area (Å²) in [5.74, 6) is 1.15. The van der Waals surface area contributed by atoms with E-state index in [0.29, 0.717) is 6.04 Å². The Morgan fingerprint density at radius 3 is 3.14 bits per heavy atom. The average molecular weight is 306 g/mol. The largest absolute Gasteiger partial charge is 0.399 e. The summed E-state index contributed by atoms with van der Waals surface area (Å²) in [5, 5.41) is 0. The van der Waals surface area contributed by atoms with Crippen LogP contribution in [0.4, 0.5) is 11.4 Å². The quantitative estimate of drug-likeness (QED) is 0.808. The number of hydrogen-bond acceptors (Lipinski definition) is 5. The molecule has 2 N–H and O–H groups in total.